The van der Waals surface area contributed by atoms with Gasteiger partial charge in [-0.1, -0.05) is 0 Å². The first-order valence-corrected chi connectivity index (χ1v) is 9.02. The summed E-state index contributed by atoms with van der Waals surface area (Å²) in [5.74, 6) is -0.157. The van der Waals surface area contributed by atoms with E-state index < -0.39 is 0 Å². The van der Waals surface area contributed by atoms with E-state index >= 15 is 0 Å². The molecule has 26 heavy (non-hydrogen) atoms. The number of hydrogen-bond donors (Lipinski definition) is 0. The molecular formula is C20H26N4O2. The minimum absolute atomic E-state index is 0.157. The number of hydrogen-bond acceptors (Lipinski definition) is 4. The fraction of sp³-hybridized carbons (Fsp3) is 0.450. The summed E-state index contributed by atoms with van der Waals surface area (Å²) in [6, 6.07) is 5.97. The van der Waals surface area contributed by atoms with Crippen LogP contribution < -0.4 is 10.5 Å². The quantitative estimate of drug-likeness (QED) is 0.828. The molecular weight excluding hydrogens is 328 g/mol. The third-order valence-electron chi connectivity index (χ3n) is 5.11. The molecule has 1 aliphatic rings. The molecule has 0 aromatic carbocycles. The van der Waals surface area contributed by atoms with Crippen LogP contribution in [0.5, 0.6) is 0 Å². The molecule has 1 aliphatic heterocycles. The Morgan fingerprint density at radius 1 is 1.08 bits per heavy atom. The highest BCUT2D eigenvalue weighted by molar-refractivity contribution is 5.95. The first-order valence-electron chi connectivity index (χ1n) is 9.02. The van der Waals surface area contributed by atoms with Crippen LogP contribution in [0.4, 0.5) is 5.69 Å². The van der Waals surface area contributed by atoms with Crippen LogP contribution in [0.25, 0.3) is 0 Å². The van der Waals surface area contributed by atoms with Crippen molar-refractivity contribution in [3.8, 4) is 0 Å². The van der Waals surface area contributed by atoms with E-state index in [0.717, 1.165) is 42.1 Å². The van der Waals surface area contributed by atoms with E-state index in [-0.39, 0.29) is 11.5 Å². The smallest absolute Gasteiger partial charge is 0.263 e. The first-order chi connectivity index (χ1) is 12.4. The molecule has 2 aromatic heterocycles. The van der Waals surface area contributed by atoms with E-state index in [1.54, 1.807) is 11.6 Å². The van der Waals surface area contributed by atoms with E-state index in [0.29, 0.717) is 18.7 Å². The van der Waals surface area contributed by atoms with Gasteiger partial charge in [-0.15, -0.1) is 0 Å². The number of aromatic nitrogens is 2. The Balaban J connectivity index is 1.81. The van der Waals surface area contributed by atoms with E-state index in [9.17, 15) is 9.59 Å². The minimum Gasteiger partial charge on any atom is -0.370 e. The fourth-order valence-corrected chi connectivity index (χ4v) is 3.50. The number of amides is 1. The average Bonchev–Trinajstić information content (AvgIpc) is 2.86. The van der Waals surface area contributed by atoms with Gasteiger partial charge in [0.15, 0.2) is 0 Å². The predicted octanol–water partition coefficient (Wildman–Crippen LogP) is 2.06. The first kappa shape index (κ1) is 18.2. The molecule has 3 heterocycles. The summed E-state index contributed by atoms with van der Waals surface area (Å²) >= 11 is 0. The molecule has 0 saturated carbocycles. The fourth-order valence-electron chi connectivity index (χ4n) is 3.50. The maximum absolute atomic E-state index is 13.0. The van der Waals surface area contributed by atoms with Gasteiger partial charge in [-0.2, -0.15) is 0 Å². The Kier molecular flexibility index (Phi) is 5.11. The Hall–Kier alpha value is -2.63. The second kappa shape index (κ2) is 7.32. The van der Waals surface area contributed by atoms with Gasteiger partial charge in [0.1, 0.15) is 5.56 Å². The van der Waals surface area contributed by atoms with Crippen LogP contribution in [0.3, 0.4) is 0 Å². The number of carbonyl (C=O) groups is 1. The van der Waals surface area contributed by atoms with E-state index in [1.165, 1.54) is 0 Å². The maximum atomic E-state index is 13.0. The van der Waals surface area contributed by atoms with Crippen molar-refractivity contribution < 1.29 is 4.79 Å². The van der Waals surface area contributed by atoms with Gasteiger partial charge < -0.3 is 14.4 Å². The van der Waals surface area contributed by atoms with E-state index in [2.05, 4.69) is 16.0 Å². The third-order valence-corrected chi connectivity index (χ3v) is 5.11. The SMILES string of the molecule is Cc1cc(N2CCCN(C(=O)c3c(C)cc(C)n(C)c3=O)CC2)ccn1. The molecule has 1 saturated heterocycles. The van der Waals surface area contributed by atoms with Crippen molar-refractivity contribution in [2.75, 3.05) is 31.1 Å². The molecule has 0 atom stereocenters. The zero-order valence-electron chi connectivity index (χ0n) is 16.0. The van der Waals surface area contributed by atoms with Crippen LogP contribution in [-0.4, -0.2) is 46.5 Å². The van der Waals surface area contributed by atoms with Crippen molar-refractivity contribution in [2.45, 2.75) is 27.2 Å². The molecule has 2 aromatic rings. The van der Waals surface area contributed by atoms with Crippen molar-refractivity contribution in [2.24, 2.45) is 7.05 Å². The standard InChI is InChI=1S/C20H26N4O2/c1-14-12-16(3)22(4)19(25)18(14)20(26)24-9-5-8-23(10-11-24)17-6-7-21-15(2)13-17/h6-7,12-13H,5,8-11H2,1-4H3. The Morgan fingerprint density at radius 2 is 1.85 bits per heavy atom. The highest BCUT2D eigenvalue weighted by Crippen LogP contribution is 2.18. The number of pyridine rings is 2. The van der Waals surface area contributed by atoms with Gasteiger partial charge in [0, 0.05) is 56.5 Å². The normalized spacial score (nSPS) is 15.1. The second-order valence-corrected chi connectivity index (χ2v) is 7.00. The Morgan fingerprint density at radius 3 is 2.58 bits per heavy atom. The zero-order valence-corrected chi connectivity index (χ0v) is 16.0. The van der Waals surface area contributed by atoms with Crippen molar-refractivity contribution in [1.29, 1.82) is 0 Å². The third kappa shape index (κ3) is 3.49. The second-order valence-electron chi connectivity index (χ2n) is 7.00. The number of rotatable bonds is 2. The molecule has 0 N–H and O–H groups in total. The summed E-state index contributed by atoms with van der Waals surface area (Å²) in [6.07, 6.45) is 2.69. The van der Waals surface area contributed by atoms with Crippen LogP contribution in [0.1, 0.15) is 33.7 Å². The van der Waals surface area contributed by atoms with Gasteiger partial charge in [0.25, 0.3) is 11.5 Å². The Labute approximate surface area is 154 Å². The predicted molar refractivity (Wildman–Crippen MR) is 103 cm³/mol. The molecule has 1 fully saturated rings. The molecule has 1 amide bonds. The summed E-state index contributed by atoms with van der Waals surface area (Å²) in [6.45, 7) is 8.60. The molecule has 6 nitrogen and oxygen atoms in total. The number of nitrogens with zero attached hydrogens (tertiary/aromatic N) is 4. The molecule has 0 radical (unpaired) electrons. The lowest BCUT2D eigenvalue weighted by atomic mass is 10.1. The van der Waals surface area contributed by atoms with E-state index in [4.69, 9.17) is 0 Å². The lowest BCUT2D eigenvalue weighted by molar-refractivity contribution is 0.0764. The lowest BCUT2D eigenvalue weighted by Crippen LogP contribution is -2.39. The van der Waals surface area contributed by atoms with Gasteiger partial charge in [0.05, 0.1) is 0 Å². The van der Waals surface area contributed by atoms with Gasteiger partial charge in [-0.05, 0) is 51.0 Å². The monoisotopic (exact) mass is 354 g/mol. The summed E-state index contributed by atoms with van der Waals surface area (Å²) < 4.78 is 1.55. The van der Waals surface area contributed by atoms with E-state index in [1.807, 2.05) is 44.0 Å². The van der Waals surface area contributed by atoms with Crippen molar-refractivity contribution in [3.63, 3.8) is 0 Å². The van der Waals surface area contributed by atoms with Gasteiger partial charge >= 0.3 is 0 Å². The molecule has 138 valence electrons. The van der Waals surface area contributed by atoms with Crippen molar-refractivity contribution >= 4 is 11.6 Å². The summed E-state index contributed by atoms with van der Waals surface area (Å²) in [4.78, 5) is 34.0. The van der Waals surface area contributed by atoms with Crippen LogP contribution in [-0.2, 0) is 7.05 Å². The Bertz CT molecular complexity index is 888. The molecule has 6 heteroatoms. The number of anilines is 1. The van der Waals surface area contributed by atoms with Gasteiger partial charge in [-0.25, -0.2) is 0 Å². The molecule has 0 bridgehead atoms. The van der Waals surface area contributed by atoms with Crippen molar-refractivity contribution in [3.05, 3.63) is 57.3 Å². The topological polar surface area (TPSA) is 58.4 Å². The number of carbonyl (C=O) groups excluding carboxylic acids is 1. The lowest BCUT2D eigenvalue weighted by Gasteiger charge is -2.24. The molecule has 0 spiro atoms. The highest BCUT2D eigenvalue weighted by atomic mass is 16.2. The largest absolute Gasteiger partial charge is 0.370 e. The summed E-state index contributed by atoms with van der Waals surface area (Å²) in [5.41, 5.74) is 3.82. The van der Waals surface area contributed by atoms with Crippen molar-refractivity contribution in [1.82, 2.24) is 14.5 Å². The maximum Gasteiger partial charge on any atom is 0.263 e. The van der Waals surface area contributed by atoms with Crippen LogP contribution in [0.15, 0.2) is 29.2 Å². The van der Waals surface area contributed by atoms with Gasteiger partial charge in [0.2, 0.25) is 0 Å². The highest BCUT2D eigenvalue weighted by Gasteiger charge is 2.24. The zero-order chi connectivity index (χ0) is 18.8. The molecule has 0 aliphatic carbocycles. The van der Waals surface area contributed by atoms with Crippen LogP contribution in [0.2, 0.25) is 0 Å². The average molecular weight is 354 g/mol. The van der Waals surface area contributed by atoms with Crippen LogP contribution >= 0.6 is 0 Å². The number of aryl methyl sites for hydroxylation is 3. The minimum atomic E-state index is -0.210. The molecule has 3 rings (SSSR count). The van der Waals surface area contributed by atoms with Gasteiger partial charge in [-0.3, -0.25) is 14.6 Å². The summed E-state index contributed by atoms with van der Waals surface area (Å²) in [5, 5.41) is 0. The van der Waals surface area contributed by atoms with Crippen LogP contribution in [0, 0.1) is 20.8 Å². The summed E-state index contributed by atoms with van der Waals surface area (Å²) in [7, 11) is 1.71. The molecule has 0 unspecified atom stereocenters.